The van der Waals surface area contributed by atoms with E-state index in [1.807, 2.05) is 32.0 Å². The first-order valence-corrected chi connectivity index (χ1v) is 10.2. The van der Waals surface area contributed by atoms with Crippen LogP contribution in [-0.4, -0.2) is 17.9 Å². The van der Waals surface area contributed by atoms with Crippen LogP contribution >= 0.6 is 0 Å². The number of hydrogen-bond donors (Lipinski definition) is 2. The first kappa shape index (κ1) is 18.9. The molecule has 0 atom stereocenters. The molecule has 0 aromatic heterocycles. The van der Waals surface area contributed by atoms with Crippen LogP contribution in [-0.2, 0) is 9.59 Å². The highest BCUT2D eigenvalue weighted by Gasteiger charge is 2.31. The first-order valence-electron chi connectivity index (χ1n) is 10.2. The van der Waals surface area contributed by atoms with E-state index in [4.69, 9.17) is 0 Å². The Labute approximate surface area is 157 Å². The lowest BCUT2D eigenvalue weighted by Crippen LogP contribution is -2.41. The fourth-order valence-electron chi connectivity index (χ4n) is 4.42. The van der Waals surface area contributed by atoms with Gasteiger partial charge in [0.05, 0.1) is 0 Å². The average molecular weight is 357 g/mol. The average Bonchev–Trinajstić information content (AvgIpc) is 2.65. The van der Waals surface area contributed by atoms with Crippen molar-refractivity contribution in [1.82, 2.24) is 5.32 Å². The van der Waals surface area contributed by atoms with Crippen molar-refractivity contribution in [3.8, 4) is 0 Å². The maximum Gasteiger partial charge on any atom is 0.227 e. The van der Waals surface area contributed by atoms with Crippen LogP contribution in [0.4, 0.5) is 5.69 Å². The Morgan fingerprint density at radius 2 is 1.35 bits per heavy atom. The Kier molecular flexibility index (Phi) is 6.33. The van der Waals surface area contributed by atoms with Crippen LogP contribution in [0.1, 0.15) is 68.9 Å². The van der Waals surface area contributed by atoms with Crippen LogP contribution in [0.3, 0.4) is 0 Å². The molecule has 3 rings (SSSR count). The highest BCUT2D eigenvalue weighted by atomic mass is 16.2. The Balaban J connectivity index is 1.48. The second-order valence-corrected chi connectivity index (χ2v) is 8.15. The number of benzene rings is 1. The van der Waals surface area contributed by atoms with E-state index in [2.05, 4.69) is 10.6 Å². The molecule has 2 fully saturated rings. The minimum atomic E-state index is 0.0211. The van der Waals surface area contributed by atoms with E-state index >= 15 is 0 Å². The van der Waals surface area contributed by atoms with Gasteiger partial charge in [0.2, 0.25) is 11.8 Å². The first-order chi connectivity index (χ1) is 12.5. The highest BCUT2D eigenvalue weighted by molar-refractivity contribution is 5.94. The van der Waals surface area contributed by atoms with Gasteiger partial charge in [0, 0.05) is 23.6 Å². The SMILES string of the molecule is Cc1cccc(C)c1NC(=O)C1CCC(C(=O)NC2CCCCC2)CC1. The van der Waals surface area contributed by atoms with Gasteiger partial charge in [-0.3, -0.25) is 9.59 Å². The Hall–Kier alpha value is -1.84. The lowest BCUT2D eigenvalue weighted by atomic mass is 9.80. The minimum absolute atomic E-state index is 0.0211. The van der Waals surface area contributed by atoms with Gasteiger partial charge in [-0.15, -0.1) is 0 Å². The lowest BCUT2D eigenvalue weighted by molar-refractivity contribution is -0.129. The molecule has 0 bridgehead atoms. The molecule has 4 heteroatoms. The summed E-state index contributed by atoms with van der Waals surface area (Å²) in [6.07, 6.45) is 9.27. The number of anilines is 1. The van der Waals surface area contributed by atoms with Gasteiger partial charge in [-0.25, -0.2) is 0 Å². The van der Waals surface area contributed by atoms with Gasteiger partial charge in [-0.1, -0.05) is 37.5 Å². The second kappa shape index (κ2) is 8.70. The third-order valence-corrected chi connectivity index (χ3v) is 6.15. The molecule has 2 aliphatic carbocycles. The molecule has 2 aliphatic rings. The maximum absolute atomic E-state index is 12.7. The molecule has 142 valence electrons. The van der Waals surface area contributed by atoms with Crippen LogP contribution in [0.2, 0.25) is 0 Å². The van der Waals surface area contributed by atoms with Crippen molar-refractivity contribution in [3.05, 3.63) is 29.3 Å². The van der Waals surface area contributed by atoms with E-state index in [0.717, 1.165) is 55.3 Å². The van der Waals surface area contributed by atoms with E-state index in [-0.39, 0.29) is 23.7 Å². The Morgan fingerprint density at radius 1 is 0.808 bits per heavy atom. The summed E-state index contributed by atoms with van der Waals surface area (Å²) in [6.45, 7) is 4.05. The largest absolute Gasteiger partial charge is 0.353 e. The molecule has 0 saturated heterocycles. The predicted molar refractivity (Wildman–Crippen MR) is 105 cm³/mol. The zero-order valence-electron chi connectivity index (χ0n) is 16.1. The summed E-state index contributed by atoms with van der Waals surface area (Å²) in [4.78, 5) is 25.2. The Bertz CT molecular complexity index is 621. The molecule has 2 saturated carbocycles. The summed E-state index contributed by atoms with van der Waals surface area (Å²) in [6, 6.07) is 6.43. The molecule has 1 aromatic carbocycles. The van der Waals surface area contributed by atoms with Crippen LogP contribution in [0, 0.1) is 25.7 Å². The van der Waals surface area contributed by atoms with Gasteiger partial charge < -0.3 is 10.6 Å². The standard InChI is InChI=1S/C22H32N2O2/c1-15-7-6-8-16(2)20(15)24-22(26)18-13-11-17(12-14-18)21(25)23-19-9-4-3-5-10-19/h6-8,17-19H,3-5,9-14H2,1-2H3,(H,23,25)(H,24,26). The fourth-order valence-corrected chi connectivity index (χ4v) is 4.42. The zero-order chi connectivity index (χ0) is 18.5. The molecule has 2 amide bonds. The smallest absolute Gasteiger partial charge is 0.227 e. The summed E-state index contributed by atoms with van der Waals surface area (Å²) in [5.74, 6) is 0.424. The lowest BCUT2D eigenvalue weighted by Gasteiger charge is -2.30. The van der Waals surface area contributed by atoms with Crippen molar-refractivity contribution < 1.29 is 9.59 Å². The van der Waals surface area contributed by atoms with Crippen molar-refractivity contribution in [2.75, 3.05) is 5.32 Å². The topological polar surface area (TPSA) is 58.2 Å². The predicted octanol–water partition coefficient (Wildman–Crippen LogP) is 4.50. The van der Waals surface area contributed by atoms with Crippen LogP contribution in [0.25, 0.3) is 0 Å². The summed E-state index contributed by atoms with van der Waals surface area (Å²) in [5, 5.41) is 6.37. The molecule has 0 aliphatic heterocycles. The Morgan fingerprint density at radius 3 is 1.92 bits per heavy atom. The van der Waals surface area contributed by atoms with Crippen molar-refractivity contribution in [2.45, 2.75) is 77.7 Å². The third-order valence-electron chi connectivity index (χ3n) is 6.15. The normalized spacial score (nSPS) is 24.1. The van der Waals surface area contributed by atoms with Gasteiger partial charge in [0.1, 0.15) is 0 Å². The molecule has 26 heavy (non-hydrogen) atoms. The van der Waals surface area contributed by atoms with Gasteiger partial charge >= 0.3 is 0 Å². The number of para-hydroxylation sites is 1. The number of aryl methyl sites for hydroxylation is 2. The summed E-state index contributed by atoms with van der Waals surface area (Å²) < 4.78 is 0. The zero-order valence-corrected chi connectivity index (χ0v) is 16.1. The molecular weight excluding hydrogens is 324 g/mol. The number of rotatable bonds is 4. The molecule has 2 N–H and O–H groups in total. The molecule has 0 unspecified atom stereocenters. The number of carbonyl (C=O) groups excluding carboxylic acids is 2. The van der Waals surface area contributed by atoms with Crippen molar-refractivity contribution in [1.29, 1.82) is 0 Å². The van der Waals surface area contributed by atoms with Crippen LogP contribution < -0.4 is 10.6 Å². The van der Waals surface area contributed by atoms with Crippen molar-refractivity contribution in [3.63, 3.8) is 0 Å². The van der Waals surface area contributed by atoms with E-state index < -0.39 is 0 Å². The minimum Gasteiger partial charge on any atom is -0.353 e. The molecular formula is C22H32N2O2. The number of nitrogens with one attached hydrogen (secondary N) is 2. The quantitative estimate of drug-likeness (QED) is 0.834. The van der Waals surface area contributed by atoms with Gasteiger partial charge in [0.25, 0.3) is 0 Å². The number of hydrogen-bond acceptors (Lipinski definition) is 2. The summed E-state index contributed by atoms with van der Waals surface area (Å²) in [7, 11) is 0. The van der Waals surface area contributed by atoms with E-state index in [0.29, 0.717) is 6.04 Å². The number of amides is 2. The van der Waals surface area contributed by atoms with Crippen LogP contribution in [0.5, 0.6) is 0 Å². The molecule has 4 nitrogen and oxygen atoms in total. The monoisotopic (exact) mass is 356 g/mol. The second-order valence-electron chi connectivity index (χ2n) is 8.15. The third kappa shape index (κ3) is 4.66. The molecule has 0 radical (unpaired) electrons. The van der Waals surface area contributed by atoms with E-state index in [1.165, 1.54) is 19.3 Å². The highest BCUT2D eigenvalue weighted by Crippen LogP contribution is 2.31. The molecule has 1 aromatic rings. The summed E-state index contributed by atoms with van der Waals surface area (Å²) >= 11 is 0. The summed E-state index contributed by atoms with van der Waals surface area (Å²) in [5.41, 5.74) is 3.13. The van der Waals surface area contributed by atoms with Gasteiger partial charge in [-0.05, 0) is 63.5 Å². The fraction of sp³-hybridized carbons (Fsp3) is 0.636. The molecule has 0 heterocycles. The van der Waals surface area contributed by atoms with E-state index in [1.54, 1.807) is 0 Å². The maximum atomic E-state index is 12.7. The van der Waals surface area contributed by atoms with Crippen molar-refractivity contribution >= 4 is 17.5 Å². The van der Waals surface area contributed by atoms with E-state index in [9.17, 15) is 9.59 Å². The van der Waals surface area contributed by atoms with Crippen LogP contribution in [0.15, 0.2) is 18.2 Å². The van der Waals surface area contributed by atoms with Crippen molar-refractivity contribution in [2.24, 2.45) is 11.8 Å². The number of carbonyl (C=O) groups is 2. The molecule has 0 spiro atoms. The van der Waals surface area contributed by atoms with Gasteiger partial charge in [-0.2, -0.15) is 0 Å². The van der Waals surface area contributed by atoms with Gasteiger partial charge in [0.15, 0.2) is 0 Å².